The van der Waals surface area contributed by atoms with Gasteiger partial charge < -0.3 is 40.2 Å². The number of methoxy groups -OCH3 is 1. The zero-order valence-corrected chi connectivity index (χ0v) is 25.0. The van der Waals surface area contributed by atoms with Crippen LogP contribution in [0, 0.1) is 0 Å². The van der Waals surface area contributed by atoms with Crippen LogP contribution in [-0.4, -0.2) is 89.3 Å². The van der Waals surface area contributed by atoms with Gasteiger partial charge in [-0.25, -0.2) is 4.79 Å². The number of aryl methyl sites for hydroxylation is 2. The lowest BCUT2D eigenvalue weighted by Crippen LogP contribution is -2.49. The van der Waals surface area contributed by atoms with E-state index in [1.54, 1.807) is 27.9 Å². The Kier molecular flexibility index (Phi) is 11.2. The van der Waals surface area contributed by atoms with Crippen LogP contribution in [0.15, 0.2) is 42.6 Å². The van der Waals surface area contributed by atoms with Crippen LogP contribution in [0.4, 0.5) is 10.6 Å². The van der Waals surface area contributed by atoms with Gasteiger partial charge in [0.2, 0.25) is 5.88 Å². The van der Waals surface area contributed by atoms with Crippen LogP contribution in [0.5, 0.6) is 11.6 Å². The molecule has 0 unspecified atom stereocenters. The number of carbonyl (C=O) groups excluding carboxylic acids is 2. The maximum atomic E-state index is 13.0. The first-order valence-corrected chi connectivity index (χ1v) is 14.4. The minimum Gasteiger partial charge on any atom is -0.487 e. The van der Waals surface area contributed by atoms with E-state index < -0.39 is 6.10 Å². The molecule has 1 atom stereocenters. The highest BCUT2D eigenvalue weighted by Crippen LogP contribution is 2.23. The van der Waals surface area contributed by atoms with E-state index in [9.17, 15) is 14.7 Å². The number of nitrogens with one attached hydrogen (secondary N) is 1. The number of ether oxygens (including phenoxy) is 3. The number of anilines is 1. The van der Waals surface area contributed by atoms with Gasteiger partial charge in [0, 0.05) is 52.5 Å². The van der Waals surface area contributed by atoms with E-state index >= 15 is 0 Å². The van der Waals surface area contributed by atoms with Crippen molar-refractivity contribution in [2.75, 3.05) is 51.3 Å². The van der Waals surface area contributed by atoms with Crippen molar-refractivity contribution >= 4 is 17.8 Å². The Morgan fingerprint density at radius 1 is 1.09 bits per heavy atom. The maximum absolute atomic E-state index is 13.0. The summed E-state index contributed by atoms with van der Waals surface area (Å²) in [7, 11) is 3.23. The van der Waals surface area contributed by atoms with Gasteiger partial charge in [-0.15, -0.1) is 0 Å². The summed E-state index contributed by atoms with van der Waals surface area (Å²) in [4.78, 5) is 33.0. The number of aromatic nitrogens is 3. The molecule has 2 amide bonds. The fourth-order valence-electron chi connectivity index (χ4n) is 4.83. The molecule has 1 saturated heterocycles. The lowest BCUT2D eigenvalue weighted by atomic mass is 10.0. The van der Waals surface area contributed by atoms with Crippen molar-refractivity contribution in [3.63, 3.8) is 0 Å². The molecule has 0 radical (unpaired) electrons. The Morgan fingerprint density at radius 2 is 1.88 bits per heavy atom. The van der Waals surface area contributed by atoms with Gasteiger partial charge in [-0.3, -0.25) is 9.48 Å². The number of amides is 2. The van der Waals surface area contributed by atoms with Crippen LogP contribution < -0.4 is 25.4 Å². The monoisotopic (exact) mass is 595 g/mol. The third-order valence-corrected chi connectivity index (χ3v) is 7.36. The van der Waals surface area contributed by atoms with Gasteiger partial charge in [0.05, 0.1) is 25.5 Å². The highest BCUT2D eigenvalue weighted by atomic mass is 16.5. The molecule has 2 aromatic heterocycles. The van der Waals surface area contributed by atoms with Crippen molar-refractivity contribution in [3.8, 4) is 11.6 Å². The summed E-state index contributed by atoms with van der Waals surface area (Å²) in [5, 5.41) is 17.6. The first kappa shape index (κ1) is 31.6. The molecule has 4 rings (SSSR count). The molecule has 3 heterocycles. The second kappa shape index (κ2) is 15.2. The number of rotatable bonds is 13. The molecule has 1 aliphatic heterocycles. The van der Waals surface area contributed by atoms with Gasteiger partial charge in [-0.05, 0) is 61.2 Å². The maximum Gasteiger partial charge on any atom is 0.409 e. The predicted molar refractivity (Wildman–Crippen MR) is 160 cm³/mol. The zero-order valence-electron chi connectivity index (χ0n) is 25.0. The van der Waals surface area contributed by atoms with Crippen molar-refractivity contribution < 1.29 is 28.9 Å². The molecule has 13 heteroatoms. The van der Waals surface area contributed by atoms with Gasteiger partial charge >= 0.3 is 6.09 Å². The van der Waals surface area contributed by atoms with Crippen molar-refractivity contribution in [1.82, 2.24) is 25.0 Å². The first-order chi connectivity index (χ1) is 20.8. The number of nitrogens with zero attached hydrogens (tertiary/aromatic N) is 5. The molecule has 3 aromatic rings. The number of hydrogen-bond donors (Lipinski definition) is 3. The SMILES string of the molecule is CCOc1nc(N2CCN(C(=O)OC)CC2)ccc1C(=O)NC[C@@H](O)CCc1ccc(OCc2ccnn2C)cc1CN. The molecule has 0 aliphatic carbocycles. The van der Waals surface area contributed by atoms with Gasteiger partial charge in [0.15, 0.2) is 0 Å². The van der Waals surface area contributed by atoms with Crippen molar-refractivity contribution in [1.29, 1.82) is 0 Å². The third-order valence-electron chi connectivity index (χ3n) is 7.36. The zero-order chi connectivity index (χ0) is 30.8. The smallest absolute Gasteiger partial charge is 0.409 e. The summed E-state index contributed by atoms with van der Waals surface area (Å²) >= 11 is 0. The Morgan fingerprint density at radius 3 is 2.56 bits per heavy atom. The van der Waals surface area contributed by atoms with E-state index in [0.717, 1.165) is 16.8 Å². The van der Waals surface area contributed by atoms with Crippen LogP contribution in [0.2, 0.25) is 0 Å². The molecule has 232 valence electrons. The predicted octanol–water partition coefficient (Wildman–Crippen LogP) is 1.86. The molecule has 1 aliphatic rings. The van der Waals surface area contributed by atoms with E-state index in [2.05, 4.69) is 15.4 Å². The summed E-state index contributed by atoms with van der Waals surface area (Å²) < 4.78 is 18.1. The number of hydrogen-bond acceptors (Lipinski definition) is 10. The first-order valence-electron chi connectivity index (χ1n) is 14.4. The second-order valence-electron chi connectivity index (χ2n) is 10.2. The molecule has 0 bridgehead atoms. The minimum atomic E-state index is -0.760. The van der Waals surface area contributed by atoms with Gasteiger partial charge in [-0.2, -0.15) is 10.1 Å². The Bertz CT molecular complexity index is 1370. The Hall–Kier alpha value is -4.36. The summed E-state index contributed by atoms with van der Waals surface area (Å²) in [5.74, 6) is 1.22. The lowest BCUT2D eigenvalue weighted by Gasteiger charge is -2.34. The summed E-state index contributed by atoms with van der Waals surface area (Å²) in [6.07, 6.45) is 1.65. The fourth-order valence-corrected chi connectivity index (χ4v) is 4.83. The molecular formula is C30H41N7O6. The van der Waals surface area contributed by atoms with Crippen LogP contribution in [0.1, 0.15) is 40.5 Å². The van der Waals surface area contributed by atoms with Gasteiger partial charge in [0.1, 0.15) is 23.7 Å². The minimum absolute atomic E-state index is 0.0749. The number of pyridine rings is 1. The third kappa shape index (κ3) is 8.36. The molecule has 4 N–H and O–H groups in total. The van der Waals surface area contributed by atoms with Crippen LogP contribution in [0.25, 0.3) is 0 Å². The highest BCUT2D eigenvalue weighted by molar-refractivity contribution is 5.96. The Labute approximate surface area is 251 Å². The topological polar surface area (TPSA) is 157 Å². The molecule has 0 spiro atoms. The van der Waals surface area contributed by atoms with Crippen LogP contribution >= 0.6 is 0 Å². The molecule has 43 heavy (non-hydrogen) atoms. The normalized spacial score (nSPS) is 13.9. The standard InChI is InChI=1S/C30H41N7O6/c1-4-42-29-26(9-10-27(34-29)36-13-15-37(16-14-36)30(40)41-3)28(39)32-19-24(38)7-5-21-6-8-25(17-22(21)18-31)43-20-23-11-12-33-35(23)2/h6,8-12,17,24,38H,4-5,7,13-16,18-20,31H2,1-3H3,(H,32,39)/t24-/m0/s1. The number of aliphatic hydroxyl groups excluding tert-OH is 1. The average molecular weight is 596 g/mol. The largest absolute Gasteiger partial charge is 0.487 e. The van der Waals surface area contributed by atoms with Gasteiger partial charge in [-0.1, -0.05) is 6.07 Å². The van der Waals surface area contributed by atoms with E-state index in [-0.39, 0.29) is 30.0 Å². The molecule has 1 aromatic carbocycles. The van der Waals surface area contributed by atoms with Crippen molar-refractivity contribution in [2.45, 2.75) is 39.0 Å². The van der Waals surface area contributed by atoms with Crippen LogP contribution in [-0.2, 0) is 31.4 Å². The quantitative estimate of drug-likeness (QED) is 0.266. The summed E-state index contributed by atoms with van der Waals surface area (Å²) in [6.45, 7) is 5.16. The number of nitrogens with two attached hydrogens (primary N) is 1. The van der Waals surface area contributed by atoms with Crippen molar-refractivity contribution in [3.05, 3.63) is 65.0 Å². The molecular weight excluding hydrogens is 554 g/mol. The fraction of sp³-hybridized carbons (Fsp3) is 0.467. The number of piperazine rings is 1. The molecule has 13 nitrogen and oxygen atoms in total. The highest BCUT2D eigenvalue weighted by Gasteiger charge is 2.24. The lowest BCUT2D eigenvalue weighted by molar-refractivity contribution is 0.0906. The van der Waals surface area contributed by atoms with E-state index in [1.165, 1.54) is 7.11 Å². The van der Waals surface area contributed by atoms with E-state index in [1.807, 2.05) is 43.1 Å². The molecule has 0 saturated carbocycles. The van der Waals surface area contributed by atoms with E-state index in [0.29, 0.717) is 70.3 Å². The van der Waals surface area contributed by atoms with E-state index in [4.69, 9.17) is 19.9 Å². The number of carbonyl (C=O) groups is 2. The Balaban J connectivity index is 1.29. The molecule has 1 fully saturated rings. The average Bonchev–Trinajstić information content (AvgIpc) is 3.45. The second-order valence-corrected chi connectivity index (χ2v) is 10.2. The van der Waals surface area contributed by atoms with Crippen molar-refractivity contribution in [2.24, 2.45) is 12.8 Å². The van der Waals surface area contributed by atoms with Gasteiger partial charge in [0.25, 0.3) is 5.91 Å². The summed E-state index contributed by atoms with van der Waals surface area (Å²) in [5.41, 5.74) is 9.20. The number of benzene rings is 1. The van der Waals surface area contributed by atoms with Crippen LogP contribution in [0.3, 0.4) is 0 Å². The summed E-state index contributed by atoms with van der Waals surface area (Å²) in [6, 6.07) is 11.1. The number of aliphatic hydroxyl groups is 1.